The number of alkyl halides is 3. The van der Waals surface area contributed by atoms with E-state index < -0.39 is 30.2 Å². The van der Waals surface area contributed by atoms with Crippen molar-refractivity contribution in [3.63, 3.8) is 0 Å². The molecule has 2 amide bonds. The summed E-state index contributed by atoms with van der Waals surface area (Å²) in [6.45, 7) is 5.68. The third-order valence-corrected chi connectivity index (χ3v) is 5.64. The van der Waals surface area contributed by atoms with Gasteiger partial charge in [0, 0.05) is 31.9 Å². The molecular weight excluding hydrogens is 533 g/mol. The van der Waals surface area contributed by atoms with E-state index in [0.717, 1.165) is 37.0 Å². The number of carboxylic acid groups (broad SMARTS) is 1. The number of unbranched alkanes of at least 4 members (excludes halogenated alkanes) is 2. The number of aliphatic carboxylic acids is 1. The highest BCUT2D eigenvalue weighted by Gasteiger charge is 2.31. The second-order valence-electron chi connectivity index (χ2n) is 8.79. The van der Waals surface area contributed by atoms with Crippen molar-refractivity contribution in [2.75, 3.05) is 44.8 Å². The second kappa shape index (κ2) is 17.2. The summed E-state index contributed by atoms with van der Waals surface area (Å²) in [4.78, 5) is 25.7. The lowest BCUT2D eigenvalue weighted by Crippen LogP contribution is -2.40. The minimum Gasteiger partial charge on any atom is -0.492 e. The number of nitrogens with one attached hydrogen (secondary N) is 1. The molecule has 1 unspecified atom stereocenters. The standard InChI is InChI=1S/C28H37F3N2O7/c1-3-5-6-17-37-18-15-33(27(36)32-22-9-13-24(14-10-22)40-28(29,30)31)16-19-39-23-11-7-21(8-12-23)20-25(26(34)35)38-4-2/h7-14,25H,3-6,15-20H2,1-2H3,(H,32,36)(H,34,35). The maximum atomic E-state index is 12.9. The van der Waals surface area contributed by atoms with Crippen molar-refractivity contribution >= 4 is 17.7 Å². The van der Waals surface area contributed by atoms with Gasteiger partial charge in [0.05, 0.1) is 13.2 Å². The highest BCUT2D eigenvalue weighted by Crippen LogP contribution is 2.24. The summed E-state index contributed by atoms with van der Waals surface area (Å²) in [5, 5.41) is 11.9. The number of carbonyl (C=O) groups is 2. The van der Waals surface area contributed by atoms with E-state index in [-0.39, 0.29) is 26.1 Å². The van der Waals surface area contributed by atoms with E-state index in [0.29, 0.717) is 31.3 Å². The summed E-state index contributed by atoms with van der Waals surface area (Å²) in [7, 11) is 0. The molecule has 0 aliphatic heterocycles. The number of benzene rings is 2. The Morgan fingerprint density at radius 3 is 2.17 bits per heavy atom. The molecule has 2 rings (SSSR count). The van der Waals surface area contributed by atoms with Gasteiger partial charge < -0.3 is 34.3 Å². The van der Waals surface area contributed by atoms with Gasteiger partial charge in [-0.2, -0.15) is 0 Å². The summed E-state index contributed by atoms with van der Waals surface area (Å²) in [6.07, 6.45) is -2.47. The zero-order valence-corrected chi connectivity index (χ0v) is 22.7. The maximum absolute atomic E-state index is 12.9. The van der Waals surface area contributed by atoms with Crippen molar-refractivity contribution < 1.29 is 46.8 Å². The molecule has 0 saturated carbocycles. The summed E-state index contributed by atoms with van der Waals surface area (Å²) < 4.78 is 57.7. The number of urea groups is 1. The Balaban J connectivity index is 1.93. The van der Waals surface area contributed by atoms with Crippen LogP contribution in [0.5, 0.6) is 11.5 Å². The van der Waals surface area contributed by atoms with Crippen LogP contribution in [0.25, 0.3) is 0 Å². The van der Waals surface area contributed by atoms with Gasteiger partial charge in [-0.3, -0.25) is 0 Å². The van der Waals surface area contributed by atoms with Crippen LogP contribution in [0.15, 0.2) is 48.5 Å². The lowest BCUT2D eigenvalue weighted by molar-refractivity contribution is -0.274. The lowest BCUT2D eigenvalue weighted by Gasteiger charge is -2.23. The van der Waals surface area contributed by atoms with Crippen molar-refractivity contribution in [1.82, 2.24) is 4.90 Å². The number of anilines is 1. The van der Waals surface area contributed by atoms with E-state index in [1.54, 1.807) is 31.2 Å². The fourth-order valence-electron chi connectivity index (χ4n) is 3.62. The number of ether oxygens (including phenoxy) is 4. The predicted octanol–water partition coefficient (Wildman–Crippen LogP) is 5.74. The van der Waals surface area contributed by atoms with Crippen molar-refractivity contribution in [3.8, 4) is 11.5 Å². The van der Waals surface area contributed by atoms with E-state index in [9.17, 15) is 27.9 Å². The number of carbonyl (C=O) groups excluding carboxylic acids is 1. The minimum atomic E-state index is -4.80. The van der Waals surface area contributed by atoms with Crippen molar-refractivity contribution in [2.24, 2.45) is 0 Å². The Hall–Kier alpha value is -3.51. The smallest absolute Gasteiger partial charge is 0.492 e. The Morgan fingerprint density at radius 1 is 0.925 bits per heavy atom. The molecule has 9 nitrogen and oxygen atoms in total. The topological polar surface area (TPSA) is 107 Å². The number of nitrogens with zero attached hydrogens (tertiary/aromatic N) is 1. The number of amides is 2. The molecule has 0 saturated heterocycles. The van der Waals surface area contributed by atoms with E-state index >= 15 is 0 Å². The molecule has 0 bridgehead atoms. The van der Waals surface area contributed by atoms with E-state index in [4.69, 9.17) is 14.2 Å². The van der Waals surface area contributed by atoms with Crippen LogP contribution in [0.4, 0.5) is 23.7 Å². The summed E-state index contributed by atoms with van der Waals surface area (Å²) in [5.74, 6) is -0.873. The summed E-state index contributed by atoms with van der Waals surface area (Å²) >= 11 is 0. The van der Waals surface area contributed by atoms with Gasteiger partial charge in [-0.1, -0.05) is 31.9 Å². The van der Waals surface area contributed by atoms with Crippen LogP contribution >= 0.6 is 0 Å². The Kier molecular flexibility index (Phi) is 14.1. The molecule has 1 atom stereocenters. The molecule has 0 aliphatic carbocycles. The van der Waals surface area contributed by atoms with Crippen LogP contribution in [0.2, 0.25) is 0 Å². The van der Waals surface area contributed by atoms with Crippen LogP contribution in [-0.2, 0) is 20.7 Å². The first kappa shape index (κ1) is 32.7. The molecule has 40 heavy (non-hydrogen) atoms. The molecule has 0 spiro atoms. The first-order valence-electron chi connectivity index (χ1n) is 13.2. The minimum absolute atomic E-state index is 0.164. The van der Waals surface area contributed by atoms with Gasteiger partial charge in [0.2, 0.25) is 0 Å². The fraction of sp³-hybridized carbons (Fsp3) is 0.500. The van der Waals surface area contributed by atoms with Gasteiger partial charge in [-0.25, -0.2) is 9.59 Å². The largest absolute Gasteiger partial charge is 0.573 e. The van der Waals surface area contributed by atoms with Crippen LogP contribution in [-0.4, -0.2) is 74.0 Å². The molecule has 2 aromatic carbocycles. The molecule has 0 radical (unpaired) electrons. The first-order chi connectivity index (χ1) is 19.1. The Labute approximate surface area is 232 Å². The van der Waals surface area contributed by atoms with Gasteiger partial charge in [0.1, 0.15) is 18.1 Å². The van der Waals surface area contributed by atoms with Gasteiger partial charge in [0.15, 0.2) is 6.10 Å². The van der Waals surface area contributed by atoms with Gasteiger partial charge in [-0.15, -0.1) is 13.2 Å². The SMILES string of the molecule is CCCCCOCCN(CCOc1ccc(CC(OCC)C(=O)O)cc1)C(=O)Nc1ccc(OC(F)(F)F)cc1. The Bertz CT molecular complexity index is 1020. The third-order valence-electron chi connectivity index (χ3n) is 5.64. The highest BCUT2D eigenvalue weighted by atomic mass is 19.4. The number of hydrogen-bond acceptors (Lipinski definition) is 6. The first-order valence-corrected chi connectivity index (χ1v) is 13.2. The average Bonchev–Trinajstić information content (AvgIpc) is 2.90. The molecule has 0 aromatic heterocycles. The predicted molar refractivity (Wildman–Crippen MR) is 143 cm³/mol. The van der Waals surface area contributed by atoms with Gasteiger partial charge >= 0.3 is 18.4 Å². The molecule has 222 valence electrons. The molecule has 2 aromatic rings. The molecule has 0 fully saturated rings. The highest BCUT2D eigenvalue weighted by molar-refractivity contribution is 5.89. The van der Waals surface area contributed by atoms with Gasteiger partial charge in [-0.05, 0) is 55.3 Å². The van der Waals surface area contributed by atoms with E-state index in [2.05, 4.69) is 17.0 Å². The molecule has 0 heterocycles. The summed E-state index contributed by atoms with van der Waals surface area (Å²) in [6, 6.07) is 11.3. The van der Waals surface area contributed by atoms with Crippen LogP contribution in [0, 0.1) is 0 Å². The van der Waals surface area contributed by atoms with Crippen molar-refractivity contribution in [1.29, 1.82) is 0 Å². The summed E-state index contributed by atoms with van der Waals surface area (Å²) in [5.41, 5.74) is 1.08. The van der Waals surface area contributed by atoms with Crippen LogP contribution in [0.3, 0.4) is 0 Å². The zero-order chi connectivity index (χ0) is 29.4. The van der Waals surface area contributed by atoms with Crippen LogP contribution in [0.1, 0.15) is 38.7 Å². The van der Waals surface area contributed by atoms with E-state index in [1.807, 2.05) is 0 Å². The zero-order valence-electron chi connectivity index (χ0n) is 22.7. The fourth-order valence-corrected chi connectivity index (χ4v) is 3.62. The molecule has 2 N–H and O–H groups in total. The molecule has 12 heteroatoms. The normalized spacial score (nSPS) is 12.0. The lowest BCUT2D eigenvalue weighted by atomic mass is 10.1. The van der Waals surface area contributed by atoms with Crippen molar-refractivity contribution in [3.05, 3.63) is 54.1 Å². The number of rotatable bonds is 18. The average molecular weight is 571 g/mol. The quantitative estimate of drug-likeness (QED) is 0.220. The maximum Gasteiger partial charge on any atom is 0.573 e. The third kappa shape index (κ3) is 13.0. The molecule has 0 aliphatic rings. The second-order valence-corrected chi connectivity index (χ2v) is 8.79. The number of carboxylic acids is 1. The van der Waals surface area contributed by atoms with E-state index in [1.165, 1.54) is 17.0 Å². The monoisotopic (exact) mass is 570 g/mol. The van der Waals surface area contributed by atoms with Crippen LogP contribution < -0.4 is 14.8 Å². The van der Waals surface area contributed by atoms with Gasteiger partial charge in [0.25, 0.3) is 0 Å². The Morgan fingerprint density at radius 2 is 1.57 bits per heavy atom. The number of halogens is 3. The molecular formula is C28H37F3N2O7. The van der Waals surface area contributed by atoms with Crippen molar-refractivity contribution in [2.45, 2.75) is 52.0 Å². The number of hydrogen-bond donors (Lipinski definition) is 2.